The zero-order valence-corrected chi connectivity index (χ0v) is 15.6. The molecule has 3 fully saturated rings. The predicted octanol–water partition coefficient (Wildman–Crippen LogP) is 1.30. The molecule has 1 saturated carbocycles. The Balaban J connectivity index is 1.35. The molecule has 4 rings (SSSR count). The maximum Gasteiger partial charge on any atom is 0.245 e. The van der Waals surface area contributed by atoms with Gasteiger partial charge in [0.25, 0.3) is 0 Å². The number of hydrogen-bond donors (Lipinski definition) is 0. The fraction of sp³-hybridized carbons (Fsp3) is 0.684. The molecule has 0 bridgehead atoms. The van der Waals surface area contributed by atoms with Gasteiger partial charge < -0.3 is 14.7 Å². The van der Waals surface area contributed by atoms with Crippen molar-refractivity contribution < 1.29 is 9.59 Å². The van der Waals surface area contributed by atoms with Gasteiger partial charge in [-0.05, 0) is 43.6 Å². The van der Waals surface area contributed by atoms with Crippen molar-refractivity contribution in [1.29, 1.82) is 0 Å². The number of hydrogen-bond acceptors (Lipinski definition) is 5. The summed E-state index contributed by atoms with van der Waals surface area (Å²) in [4.78, 5) is 39.0. The standard InChI is InChI=1S/C19H27N5O2/c1-14(25)24-8-3-4-16(24)18(26)23-9-6-19(12-23)10-15(11-19)22(2)17-5-7-20-13-21-17/h5,7,13,15-16H,3-4,6,8-12H2,1-2H3/t15?,16-,19?/m0/s1. The lowest BCUT2D eigenvalue weighted by molar-refractivity contribution is -0.142. The molecule has 3 heterocycles. The largest absolute Gasteiger partial charge is 0.357 e. The molecule has 1 spiro atoms. The third-order valence-corrected chi connectivity index (χ3v) is 6.51. The highest BCUT2D eigenvalue weighted by Crippen LogP contribution is 2.50. The van der Waals surface area contributed by atoms with Gasteiger partial charge in [0.05, 0.1) is 0 Å². The second-order valence-corrected chi connectivity index (χ2v) is 8.12. The van der Waals surface area contributed by atoms with Crippen LogP contribution in [-0.4, -0.2) is 70.3 Å². The van der Waals surface area contributed by atoms with Crippen LogP contribution in [0.15, 0.2) is 18.6 Å². The highest BCUT2D eigenvalue weighted by Gasteiger charge is 2.51. The first-order chi connectivity index (χ1) is 12.5. The quantitative estimate of drug-likeness (QED) is 0.816. The summed E-state index contributed by atoms with van der Waals surface area (Å²) in [5, 5.41) is 0. The van der Waals surface area contributed by atoms with Crippen molar-refractivity contribution in [1.82, 2.24) is 19.8 Å². The van der Waals surface area contributed by atoms with E-state index >= 15 is 0 Å². The van der Waals surface area contributed by atoms with Crippen LogP contribution in [0.5, 0.6) is 0 Å². The summed E-state index contributed by atoms with van der Waals surface area (Å²) in [5.41, 5.74) is 0.251. The first kappa shape index (κ1) is 17.2. The van der Waals surface area contributed by atoms with Crippen LogP contribution in [0.3, 0.4) is 0 Å². The third kappa shape index (κ3) is 2.93. The molecule has 140 valence electrons. The minimum absolute atomic E-state index is 0.0185. The van der Waals surface area contributed by atoms with Crippen LogP contribution in [0.2, 0.25) is 0 Å². The number of nitrogens with zero attached hydrogens (tertiary/aromatic N) is 5. The van der Waals surface area contributed by atoms with E-state index in [1.54, 1.807) is 24.3 Å². The maximum atomic E-state index is 12.9. The molecule has 1 aromatic heterocycles. The van der Waals surface area contributed by atoms with E-state index in [1.807, 2.05) is 11.0 Å². The Bertz CT molecular complexity index is 688. The summed E-state index contributed by atoms with van der Waals surface area (Å²) in [6.45, 7) is 3.94. The van der Waals surface area contributed by atoms with Crippen LogP contribution in [0.1, 0.15) is 39.0 Å². The Hall–Kier alpha value is -2.18. The molecule has 7 heteroatoms. The molecule has 7 nitrogen and oxygen atoms in total. The third-order valence-electron chi connectivity index (χ3n) is 6.51. The summed E-state index contributed by atoms with van der Waals surface area (Å²) < 4.78 is 0. The number of carbonyl (C=O) groups excluding carboxylic acids is 2. The summed E-state index contributed by atoms with van der Waals surface area (Å²) in [6, 6.07) is 2.17. The molecule has 0 aromatic carbocycles. The zero-order valence-electron chi connectivity index (χ0n) is 15.6. The second-order valence-electron chi connectivity index (χ2n) is 8.12. The van der Waals surface area contributed by atoms with Gasteiger partial charge in [-0.2, -0.15) is 0 Å². The Labute approximate surface area is 154 Å². The molecule has 0 unspecified atom stereocenters. The smallest absolute Gasteiger partial charge is 0.245 e. The molecule has 26 heavy (non-hydrogen) atoms. The SMILES string of the molecule is CC(=O)N1CCC[C@H]1C(=O)N1CCC2(CC(N(C)c3ccncn3)C2)C1. The fourth-order valence-corrected chi connectivity index (χ4v) is 4.96. The van der Waals surface area contributed by atoms with Gasteiger partial charge in [0.1, 0.15) is 18.2 Å². The zero-order chi connectivity index (χ0) is 18.3. The van der Waals surface area contributed by atoms with Crippen LogP contribution in [0, 0.1) is 5.41 Å². The summed E-state index contributed by atoms with van der Waals surface area (Å²) in [6.07, 6.45) is 8.35. The molecule has 0 radical (unpaired) electrons. The summed E-state index contributed by atoms with van der Waals surface area (Å²) in [7, 11) is 2.08. The van der Waals surface area contributed by atoms with Gasteiger partial charge in [-0.15, -0.1) is 0 Å². The number of likely N-dealkylation sites (tertiary alicyclic amines) is 2. The number of anilines is 1. The fourth-order valence-electron chi connectivity index (χ4n) is 4.96. The molecule has 2 saturated heterocycles. The van der Waals surface area contributed by atoms with Crippen LogP contribution in [0.25, 0.3) is 0 Å². The van der Waals surface area contributed by atoms with Crippen LogP contribution < -0.4 is 4.90 Å². The molecule has 3 aliphatic rings. The van der Waals surface area contributed by atoms with Crippen molar-refractivity contribution in [2.75, 3.05) is 31.6 Å². The number of amides is 2. The Kier molecular flexibility index (Phi) is 4.32. The minimum atomic E-state index is -0.234. The topological polar surface area (TPSA) is 69.6 Å². The van der Waals surface area contributed by atoms with Crippen molar-refractivity contribution in [3.63, 3.8) is 0 Å². The average Bonchev–Trinajstić information content (AvgIpc) is 3.27. The van der Waals surface area contributed by atoms with Crippen LogP contribution >= 0.6 is 0 Å². The predicted molar refractivity (Wildman–Crippen MR) is 97.5 cm³/mol. The van der Waals surface area contributed by atoms with Gasteiger partial charge in [-0.25, -0.2) is 9.97 Å². The van der Waals surface area contributed by atoms with Crippen molar-refractivity contribution in [3.05, 3.63) is 18.6 Å². The minimum Gasteiger partial charge on any atom is -0.357 e. The lowest BCUT2D eigenvalue weighted by Crippen LogP contribution is -2.52. The Morgan fingerprint density at radius 2 is 2.12 bits per heavy atom. The Morgan fingerprint density at radius 1 is 1.31 bits per heavy atom. The van der Waals surface area contributed by atoms with Gasteiger partial charge >= 0.3 is 0 Å². The molecule has 1 aliphatic carbocycles. The number of carbonyl (C=O) groups is 2. The lowest BCUT2D eigenvalue weighted by atomic mass is 9.64. The van der Waals surface area contributed by atoms with Crippen LogP contribution in [0.4, 0.5) is 5.82 Å². The van der Waals surface area contributed by atoms with Crippen LogP contribution in [-0.2, 0) is 9.59 Å². The lowest BCUT2D eigenvalue weighted by Gasteiger charge is -2.49. The molecule has 2 amide bonds. The Morgan fingerprint density at radius 3 is 2.81 bits per heavy atom. The number of aromatic nitrogens is 2. The van der Waals surface area contributed by atoms with E-state index in [2.05, 4.69) is 21.9 Å². The highest BCUT2D eigenvalue weighted by molar-refractivity contribution is 5.87. The van der Waals surface area contributed by atoms with Crippen molar-refractivity contribution in [2.45, 2.75) is 51.1 Å². The van der Waals surface area contributed by atoms with E-state index in [4.69, 9.17) is 0 Å². The van der Waals surface area contributed by atoms with Gasteiger partial charge in [0.15, 0.2) is 0 Å². The van der Waals surface area contributed by atoms with Gasteiger partial charge in [0.2, 0.25) is 11.8 Å². The second kappa shape index (κ2) is 6.52. The molecule has 0 N–H and O–H groups in total. The van der Waals surface area contributed by atoms with Crippen molar-refractivity contribution >= 4 is 17.6 Å². The van der Waals surface area contributed by atoms with E-state index < -0.39 is 0 Å². The van der Waals surface area contributed by atoms with Crippen molar-refractivity contribution in [3.8, 4) is 0 Å². The average molecular weight is 357 g/mol. The van der Waals surface area contributed by atoms with E-state index in [9.17, 15) is 9.59 Å². The maximum absolute atomic E-state index is 12.9. The van der Waals surface area contributed by atoms with E-state index in [-0.39, 0.29) is 23.3 Å². The van der Waals surface area contributed by atoms with Crippen molar-refractivity contribution in [2.24, 2.45) is 5.41 Å². The van der Waals surface area contributed by atoms with E-state index in [0.29, 0.717) is 6.04 Å². The normalized spacial score (nSPS) is 30.5. The summed E-state index contributed by atoms with van der Waals surface area (Å²) >= 11 is 0. The first-order valence-electron chi connectivity index (χ1n) is 9.54. The number of rotatable bonds is 3. The van der Waals surface area contributed by atoms with Gasteiger partial charge in [-0.3, -0.25) is 9.59 Å². The summed E-state index contributed by atoms with van der Waals surface area (Å²) in [5.74, 6) is 1.13. The molecule has 1 aromatic rings. The monoisotopic (exact) mass is 357 g/mol. The van der Waals surface area contributed by atoms with Gasteiger partial charge in [-0.1, -0.05) is 0 Å². The molecule has 1 atom stereocenters. The van der Waals surface area contributed by atoms with E-state index in [0.717, 1.165) is 57.6 Å². The first-order valence-corrected chi connectivity index (χ1v) is 9.54. The van der Waals surface area contributed by atoms with E-state index in [1.165, 1.54) is 0 Å². The highest BCUT2D eigenvalue weighted by atomic mass is 16.2. The molecular weight excluding hydrogens is 330 g/mol. The van der Waals surface area contributed by atoms with Gasteiger partial charge in [0, 0.05) is 45.8 Å². The molecule has 2 aliphatic heterocycles. The molecular formula is C19H27N5O2.